The van der Waals surface area contributed by atoms with Crippen LogP contribution in [0.5, 0.6) is 11.5 Å². The normalized spacial score (nSPS) is 10.6. The van der Waals surface area contributed by atoms with Gasteiger partial charge in [-0.1, -0.05) is 11.6 Å². The Morgan fingerprint density at radius 2 is 1.70 bits per heavy atom. The van der Waals surface area contributed by atoms with E-state index in [-0.39, 0.29) is 5.91 Å². The van der Waals surface area contributed by atoms with Gasteiger partial charge in [-0.2, -0.15) is 0 Å². The minimum Gasteiger partial charge on any atom is -0.497 e. The Balaban J connectivity index is 1.94. The number of rotatable bonds is 5. The zero-order chi connectivity index (χ0) is 19.6. The first-order chi connectivity index (χ1) is 12.9. The van der Waals surface area contributed by atoms with Gasteiger partial charge in [-0.25, -0.2) is 0 Å². The second-order valence-electron chi connectivity index (χ2n) is 6.12. The van der Waals surface area contributed by atoms with E-state index >= 15 is 0 Å². The van der Waals surface area contributed by atoms with Crippen LogP contribution in [0.3, 0.4) is 0 Å². The minimum absolute atomic E-state index is 0.219. The van der Waals surface area contributed by atoms with Gasteiger partial charge in [0.1, 0.15) is 11.5 Å². The van der Waals surface area contributed by atoms with Crippen LogP contribution >= 0.6 is 11.6 Å². The van der Waals surface area contributed by atoms with E-state index in [9.17, 15) is 4.79 Å². The van der Waals surface area contributed by atoms with E-state index in [4.69, 9.17) is 21.1 Å². The van der Waals surface area contributed by atoms with Gasteiger partial charge in [-0.05, 0) is 62.4 Å². The van der Waals surface area contributed by atoms with Crippen LogP contribution in [0.4, 0.5) is 5.69 Å². The molecule has 0 aliphatic heterocycles. The van der Waals surface area contributed by atoms with Gasteiger partial charge in [0.15, 0.2) is 0 Å². The average molecular weight is 385 g/mol. The summed E-state index contributed by atoms with van der Waals surface area (Å²) < 4.78 is 12.5. The fraction of sp³-hybridized carbons (Fsp3) is 0.190. The molecule has 0 aliphatic carbocycles. The van der Waals surface area contributed by atoms with Crippen molar-refractivity contribution in [2.75, 3.05) is 19.5 Å². The number of ether oxygens (including phenoxy) is 2. The van der Waals surface area contributed by atoms with E-state index in [0.29, 0.717) is 22.0 Å². The molecule has 1 amide bonds. The van der Waals surface area contributed by atoms with E-state index in [2.05, 4.69) is 5.32 Å². The second kappa shape index (κ2) is 7.76. The van der Waals surface area contributed by atoms with Gasteiger partial charge in [0.25, 0.3) is 5.91 Å². The van der Waals surface area contributed by atoms with Gasteiger partial charge in [-0.15, -0.1) is 0 Å². The van der Waals surface area contributed by atoms with Crippen LogP contribution < -0.4 is 14.8 Å². The highest BCUT2D eigenvalue weighted by molar-refractivity contribution is 6.31. The molecule has 1 N–H and O–H groups in total. The zero-order valence-electron chi connectivity index (χ0n) is 15.7. The smallest absolute Gasteiger partial charge is 0.257 e. The number of aryl methyl sites for hydroxylation is 1. The highest BCUT2D eigenvalue weighted by Gasteiger charge is 2.18. The van der Waals surface area contributed by atoms with Crippen LogP contribution in [0.15, 0.2) is 48.5 Å². The summed E-state index contributed by atoms with van der Waals surface area (Å²) in [6, 6.07) is 14.7. The van der Waals surface area contributed by atoms with Crippen molar-refractivity contribution in [3.05, 3.63) is 70.5 Å². The number of halogens is 1. The Morgan fingerprint density at radius 1 is 1.00 bits per heavy atom. The van der Waals surface area contributed by atoms with Crippen molar-refractivity contribution in [1.29, 1.82) is 0 Å². The first-order valence-electron chi connectivity index (χ1n) is 8.43. The first kappa shape index (κ1) is 18.9. The van der Waals surface area contributed by atoms with Crippen LogP contribution in [0.25, 0.3) is 5.69 Å². The number of benzene rings is 2. The number of methoxy groups -OCH3 is 2. The van der Waals surface area contributed by atoms with E-state index in [1.54, 1.807) is 32.4 Å². The first-order valence-corrected chi connectivity index (χ1v) is 8.80. The molecule has 0 saturated heterocycles. The molecule has 0 aliphatic rings. The van der Waals surface area contributed by atoms with Crippen molar-refractivity contribution < 1.29 is 14.3 Å². The number of carbonyl (C=O) groups excluding carboxylic acids is 1. The largest absolute Gasteiger partial charge is 0.497 e. The predicted octanol–water partition coefficient (Wildman–Crippen LogP) is 5.02. The Bertz CT molecular complexity index is 978. The van der Waals surface area contributed by atoms with Crippen molar-refractivity contribution in [2.24, 2.45) is 0 Å². The summed E-state index contributed by atoms with van der Waals surface area (Å²) >= 11 is 6.05. The molecule has 2 aromatic carbocycles. The Hall–Kier alpha value is -2.92. The summed E-state index contributed by atoms with van der Waals surface area (Å²) in [5.41, 5.74) is 3.89. The van der Waals surface area contributed by atoms with Gasteiger partial charge in [-0.3, -0.25) is 4.79 Å². The Labute approximate surface area is 163 Å². The molecule has 0 fully saturated rings. The summed E-state index contributed by atoms with van der Waals surface area (Å²) in [4.78, 5) is 12.9. The Morgan fingerprint density at radius 3 is 2.33 bits per heavy atom. The third-order valence-corrected chi connectivity index (χ3v) is 4.65. The summed E-state index contributed by atoms with van der Waals surface area (Å²) in [7, 11) is 3.18. The van der Waals surface area contributed by atoms with Crippen LogP contribution in [0, 0.1) is 13.8 Å². The zero-order valence-corrected chi connectivity index (χ0v) is 16.4. The Kier molecular flexibility index (Phi) is 5.42. The fourth-order valence-electron chi connectivity index (χ4n) is 3.09. The topological polar surface area (TPSA) is 52.5 Å². The second-order valence-corrected chi connectivity index (χ2v) is 6.55. The summed E-state index contributed by atoms with van der Waals surface area (Å²) in [5.74, 6) is 1.12. The molecule has 3 rings (SSSR count). The molecule has 0 radical (unpaired) electrons. The maximum atomic E-state index is 12.9. The quantitative estimate of drug-likeness (QED) is 0.672. The van der Waals surface area contributed by atoms with E-state index < -0.39 is 0 Å². The van der Waals surface area contributed by atoms with Gasteiger partial charge < -0.3 is 19.4 Å². The number of hydrogen-bond donors (Lipinski definition) is 1. The van der Waals surface area contributed by atoms with E-state index in [1.165, 1.54) is 0 Å². The van der Waals surface area contributed by atoms with Crippen LogP contribution in [-0.4, -0.2) is 24.7 Å². The van der Waals surface area contributed by atoms with E-state index in [1.807, 2.05) is 48.7 Å². The number of anilines is 1. The summed E-state index contributed by atoms with van der Waals surface area (Å²) in [6.45, 7) is 3.88. The molecule has 3 aromatic rings. The summed E-state index contributed by atoms with van der Waals surface area (Å²) in [5, 5.41) is 3.41. The van der Waals surface area contributed by atoms with Gasteiger partial charge >= 0.3 is 0 Å². The molecule has 0 spiro atoms. The number of nitrogens with one attached hydrogen (secondary N) is 1. The SMILES string of the molecule is COc1ccc(-n2c(C)cc(C(=O)Nc3cc(Cl)ccc3OC)c2C)cc1. The van der Waals surface area contributed by atoms with Crippen molar-refractivity contribution >= 4 is 23.2 Å². The maximum absolute atomic E-state index is 12.9. The number of amides is 1. The van der Waals surface area contributed by atoms with Crippen molar-refractivity contribution in [3.8, 4) is 17.2 Å². The number of hydrogen-bond acceptors (Lipinski definition) is 3. The number of nitrogens with zero attached hydrogens (tertiary/aromatic N) is 1. The lowest BCUT2D eigenvalue weighted by Crippen LogP contribution is -2.13. The third-order valence-electron chi connectivity index (χ3n) is 4.42. The number of carbonyl (C=O) groups is 1. The molecule has 140 valence electrons. The average Bonchev–Trinajstić information content (AvgIpc) is 2.96. The molecule has 0 saturated carbocycles. The molecule has 5 nitrogen and oxygen atoms in total. The highest BCUT2D eigenvalue weighted by atomic mass is 35.5. The van der Waals surface area contributed by atoms with Crippen LogP contribution in [-0.2, 0) is 0 Å². The van der Waals surface area contributed by atoms with Crippen molar-refractivity contribution in [2.45, 2.75) is 13.8 Å². The molecule has 1 aromatic heterocycles. The molecular formula is C21H21ClN2O3. The third kappa shape index (κ3) is 3.78. The molecule has 1 heterocycles. The van der Waals surface area contributed by atoms with Crippen LogP contribution in [0.2, 0.25) is 5.02 Å². The van der Waals surface area contributed by atoms with Crippen molar-refractivity contribution in [1.82, 2.24) is 4.57 Å². The minimum atomic E-state index is -0.219. The lowest BCUT2D eigenvalue weighted by atomic mass is 10.2. The number of aromatic nitrogens is 1. The lowest BCUT2D eigenvalue weighted by Gasteiger charge is -2.12. The van der Waals surface area contributed by atoms with Crippen molar-refractivity contribution in [3.63, 3.8) is 0 Å². The molecule has 27 heavy (non-hydrogen) atoms. The maximum Gasteiger partial charge on any atom is 0.257 e. The van der Waals surface area contributed by atoms with Gasteiger partial charge in [0.2, 0.25) is 0 Å². The fourth-order valence-corrected chi connectivity index (χ4v) is 3.26. The molecular weight excluding hydrogens is 364 g/mol. The predicted molar refractivity (Wildman–Crippen MR) is 108 cm³/mol. The summed E-state index contributed by atoms with van der Waals surface area (Å²) in [6.07, 6.45) is 0. The molecule has 6 heteroatoms. The standard InChI is InChI=1S/C21H21ClN2O3/c1-13-11-18(14(2)24(13)16-6-8-17(26-3)9-7-16)21(25)23-19-12-15(22)5-10-20(19)27-4/h5-12H,1-4H3,(H,23,25). The molecule has 0 bridgehead atoms. The highest BCUT2D eigenvalue weighted by Crippen LogP contribution is 2.29. The lowest BCUT2D eigenvalue weighted by molar-refractivity contribution is 0.102. The van der Waals surface area contributed by atoms with Gasteiger partial charge in [0, 0.05) is 22.1 Å². The monoisotopic (exact) mass is 384 g/mol. The molecule has 0 unspecified atom stereocenters. The molecule has 0 atom stereocenters. The van der Waals surface area contributed by atoms with Gasteiger partial charge in [0.05, 0.1) is 25.5 Å². The van der Waals surface area contributed by atoms with Crippen LogP contribution in [0.1, 0.15) is 21.7 Å². The van der Waals surface area contributed by atoms with E-state index in [0.717, 1.165) is 22.8 Å².